The van der Waals surface area contributed by atoms with Gasteiger partial charge in [-0.1, -0.05) is 31.9 Å². The summed E-state index contributed by atoms with van der Waals surface area (Å²) in [4.78, 5) is 29.8. The maximum atomic E-state index is 13.6. The number of nitrogens with one attached hydrogen (secondary N) is 1. The number of amides is 2. The van der Waals surface area contributed by atoms with Crippen LogP contribution < -0.4 is 11.1 Å². The van der Waals surface area contributed by atoms with Gasteiger partial charge in [0.1, 0.15) is 5.69 Å². The highest BCUT2D eigenvalue weighted by Crippen LogP contribution is 2.39. The Morgan fingerprint density at radius 2 is 1.76 bits per heavy atom. The first kappa shape index (κ1) is 23.7. The molecule has 2 amide bonds. The molecule has 178 valence electrons. The Labute approximate surface area is 200 Å². The van der Waals surface area contributed by atoms with Crippen LogP contribution in [0.3, 0.4) is 0 Å². The van der Waals surface area contributed by atoms with E-state index in [4.69, 9.17) is 5.73 Å². The lowest BCUT2D eigenvalue weighted by Crippen LogP contribution is -2.30. The molecule has 7 nitrogen and oxygen atoms in total. The van der Waals surface area contributed by atoms with Crippen molar-refractivity contribution in [2.75, 3.05) is 5.32 Å². The maximum Gasteiger partial charge on any atom is 0.266 e. The zero-order chi connectivity index (χ0) is 24.4. The molecule has 1 aliphatic rings. The van der Waals surface area contributed by atoms with Gasteiger partial charge in [0.2, 0.25) is 5.91 Å². The highest BCUT2D eigenvalue weighted by atomic mass is 16.2. The first-order valence-corrected chi connectivity index (χ1v) is 11.9. The number of aryl methyl sites for hydroxylation is 3. The normalized spacial score (nSPS) is 18.9. The summed E-state index contributed by atoms with van der Waals surface area (Å²) in [7, 11) is 1.68. The molecule has 3 N–H and O–H groups in total. The standard InChI is InChI=1S/C27H33N5O2/c1-16-5-7-20(8-6-16)25(22-15-23(26(28)33)32(4)31-22)27(34)30-21-11-9-19(10-12-21)24-17(2)13-14-29-18(24)3/h9-16,20,25H,5-8H2,1-4H3,(H2,28,33)(H,30,34). The molecule has 1 saturated carbocycles. The predicted octanol–water partition coefficient (Wildman–Crippen LogP) is 4.75. The van der Waals surface area contributed by atoms with Crippen LogP contribution in [0.1, 0.15) is 66.0 Å². The number of carbonyl (C=O) groups excluding carboxylic acids is 2. The molecule has 7 heteroatoms. The van der Waals surface area contributed by atoms with E-state index in [1.54, 1.807) is 13.1 Å². The fourth-order valence-corrected chi connectivity index (χ4v) is 5.15. The van der Waals surface area contributed by atoms with Gasteiger partial charge in [-0.15, -0.1) is 0 Å². The van der Waals surface area contributed by atoms with Crippen LogP contribution in [0.2, 0.25) is 0 Å². The number of hydrogen-bond donors (Lipinski definition) is 2. The van der Waals surface area contributed by atoms with Gasteiger partial charge in [-0.25, -0.2) is 0 Å². The molecule has 0 radical (unpaired) electrons. The van der Waals surface area contributed by atoms with Crippen LogP contribution in [-0.4, -0.2) is 26.6 Å². The lowest BCUT2D eigenvalue weighted by molar-refractivity contribution is -0.119. The van der Waals surface area contributed by atoms with Gasteiger partial charge in [-0.05, 0) is 73.9 Å². The quantitative estimate of drug-likeness (QED) is 0.555. The topological polar surface area (TPSA) is 103 Å². The van der Waals surface area contributed by atoms with Crippen LogP contribution in [0.4, 0.5) is 5.69 Å². The summed E-state index contributed by atoms with van der Waals surface area (Å²) in [6.07, 6.45) is 5.90. The van der Waals surface area contributed by atoms with Crippen LogP contribution in [0.25, 0.3) is 11.1 Å². The molecule has 0 aliphatic heterocycles. The lowest BCUT2D eigenvalue weighted by atomic mass is 9.75. The first-order valence-electron chi connectivity index (χ1n) is 11.9. The van der Waals surface area contributed by atoms with E-state index >= 15 is 0 Å². The number of pyridine rings is 1. The maximum absolute atomic E-state index is 13.6. The van der Waals surface area contributed by atoms with E-state index in [-0.39, 0.29) is 11.8 Å². The van der Waals surface area contributed by atoms with Gasteiger partial charge in [0.15, 0.2) is 0 Å². The molecule has 4 rings (SSSR count). The third-order valence-corrected chi connectivity index (χ3v) is 7.07. The number of benzene rings is 1. The molecule has 2 heterocycles. The molecule has 1 aliphatic carbocycles. The molecular weight excluding hydrogens is 426 g/mol. The van der Waals surface area contributed by atoms with Crippen molar-refractivity contribution >= 4 is 17.5 Å². The molecule has 1 aromatic carbocycles. The Balaban J connectivity index is 1.59. The molecule has 2 aromatic heterocycles. The van der Waals surface area contributed by atoms with Gasteiger partial charge in [0, 0.05) is 30.2 Å². The second kappa shape index (κ2) is 9.79. The van der Waals surface area contributed by atoms with Crippen molar-refractivity contribution < 1.29 is 9.59 Å². The molecule has 3 aromatic rings. The van der Waals surface area contributed by atoms with Crippen LogP contribution in [-0.2, 0) is 11.8 Å². The Morgan fingerprint density at radius 1 is 1.09 bits per heavy atom. The smallest absolute Gasteiger partial charge is 0.266 e. The number of rotatable bonds is 6. The number of nitrogens with zero attached hydrogens (tertiary/aromatic N) is 3. The average molecular weight is 460 g/mol. The zero-order valence-corrected chi connectivity index (χ0v) is 20.3. The minimum Gasteiger partial charge on any atom is -0.364 e. The van der Waals surface area contributed by atoms with Gasteiger partial charge in [-0.2, -0.15) is 5.10 Å². The van der Waals surface area contributed by atoms with Gasteiger partial charge >= 0.3 is 0 Å². The number of primary amides is 1. The number of aromatic nitrogens is 3. The third-order valence-electron chi connectivity index (χ3n) is 7.07. The molecule has 1 fully saturated rings. The van der Waals surface area contributed by atoms with Crippen LogP contribution >= 0.6 is 0 Å². The van der Waals surface area contributed by atoms with Crippen LogP contribution in [0.5, 0.6) is 0 Å². The van der Waals surface area contributed by atoms with Gasteiger partial charge in [0.05, 0.1) is 11.6 Å². The lowest BCUT2D eigenvalue weighted by Gasteiger charge is -2.31. The fraction of sp³-hybridized carbons (Fsp3) is 0.407. The number of nitrogens with two attached hydrogens (primary N) is 1. The highest BCUT2D eigenvalue weighted by molar-refractivity contribution is 5.97. The molecular formula is C27H33N5O2. The van der Waals surface area contributed by atoms with Crippen molar-refractivity contribution in [3.63, 3.8) is 0 Å². The van der Waals surface area contributed by atoms with E-state index in [1.807, 2.05) is 43.5 Å². The Bertz CT molecular complexity index is 1170. The van der Waals surface area contributed by atoms with E-state index in [0.717, 1.165) is 53.8 Å². The summed E-state index contributed by atoms with van der Waals surface area (Å²) in [5, 5.41) is 7.61. The molecule has 34 heavy (non-hydrogen) atoms. The Kier molecular flexibility index (Phi) is 6.82. The van der Waals surface area contributed by atoms with Gasteiger partial charge in [0.25, 0.3) is 5.91 Å². The summed E-state index contributed by atoms with van der Waals surface area (Å²) in [5.74, 6) is -0.248. The van der Waals surface area contributed by atoms with Crippen molar-refractivity contribution in [2.24, 2.45) is 24.6 Å². The van der Waals surface area contributed by atoms with Crippen molar-refractivity contribution in [1.29, 1.82) is 0 Å². The summed E-state index contributed by atoms with van der Waals surface area (Å²) >= 11 is 0. The van der Waals surface area contributed by atoms with Gasteiger partial charge in [-0.3, -0.25) is 19.3 Å². The largest absolute Gasteiger partial charge is 0.364 e. The molecule has 0 saturated heterocycles. The van der Waals surface area contributed by atoms with Crippen molar-refractivity contribution in [1.82, 2.24) is 14.8 Å². The minimum absolute atomic E-state index is 0.102. The second-order valence-corrected chi connectivity index (χ2v) is 9.59. The molecule has 1 atom stereocenters. The van der Waals surface area contributed by atoms with E-state index in [2.05, 4.69) is 29.2 Å². The molecule has 1 unspecified atom stereocenters. The van der Waals surface area contributed by atoms with E-state index in [1.165, 1.54) is 4.68 Å². The molecule has 0 spiro atoms. The van der Waals surface area contributed by atoms with Crippen LogP contribution in [0, 0.1) is 25.7 Å². The fourth-order valence-electron chi connectivity index (χ4n) is 5.15. The van der Waals surface area contributed by atoms with E-state index < -0.39 is 11.8 Å². The van der Waals surface area contributed by atoms with E-state index in [0.29, 0.717) is 17.3 Å². The van der Waals surface area contributed by atoms with Crippen molar-refractivity contribution in [2.45, 2.75) is 52.4 Å². The zero-order valence-electron chi connectivity index (χ0n) is 20.3. The first-order chi connectivity index (χ1) is 16.2. The second-order valence-electron chi connectivity index (χ2n) is 9.59. The SMILES string of the molecule is Cc1ccnc(C)c1-c1ccc(NC(=O)C(c2cc(C(N)=O)n(C)n2)C2CCC(C)CC2)cc1. The number of anilines is 1. The Hall–Kier alpha value is -3.48. The monoisotopic (exact) mass is 459 g/mol. The third kappa shape index (κ3) is 4.88. The highest BCUT2D eigenvalue weighted by Gasteiger charge is 2.35. The van der Waals surface area contributed by atoms with E-state index in [9.17, 15) is 9.59 Å². The Morgan fingerprint density at radius 3 is 2.35 bits per heavy atom. The average Bonchev–Trinajstić information content (AvgIpc) is 3.17. The summed E-state index contributed by atoms with van der Waals surface area (Å²) in [5.41, 5.74) is 11.5. The number of carbonyl (C=O) groups is 2. The van der Waals surface area contributed by atoms with Crippen LogP contribution in [0.15, 0.2) is 42.6 Å². The van der Waals surface area contributed by atoms with Crippen molar-refractivity contribution in [3.05, 3.63) is 65.2 Å². The number of hydrogen-bond acceptors (Lipinski definition) is 4. The minimum atomic E-state index is -0.547. The summed E-state index contributed by atoms with van der Waals surface area (Å²) in [6.45, 7) is 6.33. The predicted molar refractivity (Wildman–Crippen MR) is 133 cm³/mol. The van der Waals surface area contributed by atoms with Crippen molar-refractivity contribution in [3.8, 4) is 11.1 Å². The molecule has 0 bridgehead atoms. The summed E-state index contributed by atoms with van der Waals surface area (Å²) in [6, 6.07) is 11.5. The van der Waals surface area contributed by atoms with Gasteiger partial charge < -0.3 is 11.1 Å². The summed E-state index contributed by atoms with van der Waals surface area (Å²) < 4.78 is 1.47.